The van der Waals surface area contributed by atoms with E-state index in [4.69, 9.17) is 5.11 Å². The van der Waals surface area contributed by atoms with Crippen molar-refractivity contribution in [2.24, 2.45) is 0 Å². The first-order chi connectivity index (χ1) is 6.42. The van der Waals surface area contributed by atoms with Gasteiger partial charge >= 0.3 is 5.97 Å². The van der Waals surface area contributed by atoms with E-state index in [9.17, 15) is 9.18 Å². The van der Waals surface area contributed by atoms with Crippen molar-refractivity contribution in [3.05, 3.63) is 35.6 Å². The molecule has 2 nitrogen and oxygen atoms in total. The van der Waals surface area contributed by atoms with Crippen molar-refractivity contribution in [3.8, 4) is 0 Å². The summed E-state index contributed by atoms with van der Waals surface area (Å²) in [5, 5.41) is 8.69. The molecule has 0 aromatic heterocycles. The molecule has 0 bridgehead atoms. The molecule has 76 valence electrons. The van der Waals surface area contributed by atoms with Gasteiger partial charge in [0.2, 0.25) is 0 Å². The quantitative estimate of drug-likeness (QED) is 0.806. The molecule has 0 amide bonds. The summed E-state index contributed by atoms with van der Waals surface area (Å²) in [5.41, 5.74) is 0.174. The van der Waals surface area contributed by atoms with E-state index in [2.05, 4.69) is 0 Å². The fourth-order valence-electron chi connectivity index (χ4n) is 1.39. The standard InChI is InChI=1S/C11H13FO2/c1-11(2,7-10(13)14)8-4-3-5-9(12)6-8/h3-6H,7H2,1-2H3,(H,13,14). The lowest BCUT2D eigenvalue weighted by Gasteiger charge is -2.22. The van der Waals surface area contributed by atoms with Crippen LogP contribution in [-0.2, 0) is 10.2 Å². The van der Waals surface area contributed by atoms with Crippen molar-refractivity contribution in [1.82, 2.24) is 0 Å². The molecule has 1 rings (SSSR count). The van der Waals surface area contributed by atoms with Crippen LogP contribution in [0.25, 0.3) is 0 Å². The van der Waals surface area contributed by atoms with Crippen LogP contribution in [0.5, 0.6) is 0 Å². The van der Waals surface area contributed by atoms with E-state index in [1.807, 2.05) is 0 Å². The van der Waals surface area contributed by atoms with Crippen molar-refractivity contribution < 1.29 is 14.3 Å². The van der Waals surface area contributed by atoms with Gasteiger partial charge in [-0.2, -0.15) is 0 Å². The first-order valence-corrected chi connectivity index (χ1v) is 4.40. The molecule has 0 radical (unpaired) electrons. The topological polar surface area (TPSA) is 37.3 Å². The molecule has 0 heterocycles. The summed E-state index contributed by atoms with van der Waals surface area (Å²) in [7, 11) is 0. The zero-order valence-corrected chi connectivity index (χ0v) is 8.25. The van der Waals surface area contributed by atoms with Crippen molar-refractivity contribution >= 4 is 5.97 Å². The maximum absolute atomic E-state index is 12.9. The predicted octanol–water partition coefficient (Wildman–Crippen LogP) is 2.58. The summed E-state index contributed by atoms with van der Waals surface area (Å²) >= 11 is 0. The van der Waals surface area contributed by atoms with Gasteiger partial charge in [0.25, 0.3) is 0 Å². The number of carboxylic acid groups (broad SMARTS) is 1. The van der Waals surface area contributed by atoms with Crippen molar-refractivity contribution in [2.75, 3.05) is 0 Å². The van der Waals surface area contributed by atoms with E-state index in [-0.39, 0.29) is 12.2 Å². The number of hydrogen-bond acceptors (Lipinski definition) is 1. The molecule has 0 aliphatic carbocycles. The largest absolute Gasteiger partial charge is 0.481 e. The molecule has 1 aromatic rings. The number of carboxylic acids is 1. The van der Waals surface area contributed by atoms with E-state index in [0.717, 1.165) is 0 Å². The highest BCUT2D eigenvalue weighted by Gasteiger charge is 2.24. The first-order valence-electron chi connectivity index (χ1n) is 4.40. The maximum atomic E-state index is 12.9. The van der Waals surface area contributed by atoms with E-state index < -0.39 is 11.4 Å². The second-order valence-electron chi connectivity index (χ2n) is 3.96. The monoisotopic (exact) mass is 196 g/mol. The molecule has 0 atom stereocenters. The van der Waals surface area contributed by atoms with E-state index in [1.165, 1.54) is 12.1 Å². The molecule has 1 aromatic carbocycles. The highest BCUT2D eigenvalue weighted by atomic mass is 19.1. The number of aliphatic carboxylic acids is 1. The minimum atomic E-state index is -0.876. The Morgan fingerprint density at radius 1 is 1.50 bits per heavy atom. The van der Waals surface area contributed by atoms with Crippen LogP contribution in [0.15, 0.2) is 24.3 Å². The molecule has 3 heteroatoms. The molecule has 14 heavy (non-hydrogen) atoms. The highest BCUT2D eigenvalue weighted by molar-refractivity contribution is 5.68. The summed E-state index contributed by atoms with van der Waals surface area (Å²) < 4.78 is 12.9. The summed E-state index contributed by atoms with van der Waals surface area (Å²) in [6.45, 7) is 3.58. The Morgan fingerprint density at radius 2 is 2.14 bits per heavy atom. The molecular weight excluding hydrogens is 183 g/mol. The molecule has 1 N–H and O–H groups in total. The predicted molar refractivity (Wildman–Crippen MR) is 51.7 cm³/mol. The number of hydrogen-bond donors (Lipinski definition) is 1. The van der Waals surface area contributed by atoms with Crippen LogP contribution in [0.3, 0.4) is 0 Å². The third kappa shape index (κ3) is 2.55. The molecular formula is C11H13FO2. The van der Waals surface area contributed by atoms with Crippen molar-refractivity contribution in [2.45, 2.75) is 25.7 Å². The fraction of sp³-hybridized carbons (Fsp3) is 0.364. The lowest BCUT2D eigenvalue weighted by molar-refractivity contribution is -0.138. The average Bonchev–Trinajstić information content (AvgIpc) is 2.01. The van der Waals surface area contributed by atoms with Gasteiger partial charge in [0.05, 0.1) is 6.42 Å². The Hall–Kier alpha value is -1.38. The number of benzene rings is 1. The molecule has 0 aliphatic heterocycles. The molecule has 0 spiro atoms. The lowest BCUT2D eigenvalue weighted by atomic mass is 9.82. The first kappa shape index (κ1) is 10.7. The van der Waals surface area contributed by atoms with Crippen LogP contribution in [-0.4, -0.2) is 11.1 Å². The van der Waals surface area contributed by atoms with E-state index in [0.29, 0.717) is 5.56 Å². The minimum Gasteiger partial charge on any atom is -0.481 e. The zero-order valence-electron chi connectivity index (χ0n) is 8.25. The third-order valence-electron chi connectivity index (χ3n) is 2.20. The summed E-state index contributed by atoms with van der Waals surface area (Å²) in [6, 6.07) is 6.06. The number of carbonyl (C=O) groups is 1. The van der Waals surface area contributed by atoms with Gasteiger partial charge < -0.3 is 5.11 Å². The molecule has 0 unspecified atom stereocenters. The van der Waals surface area contributed by atoms with Crippen LogP contribution in [0.1, 0.15) is 25.8 Å². The normalized spacial score (nSPS) is 11.4. The van der Waals surface area contributed by atoms with Gasteiger partial charge in [-0.25, -0.2) is 4.39 Å². The Bertz CT molecular complexity index is 345. The zero-order chi connectivity index (χ0) is 10.8. The summed E-state index contributed by atoms with van der Waals surface area (Å²) in [4.78, 5) is 10.6. The number of halogens is 1. The van der Waals surface area contributed by atoms with Crippen LogP contribution in [0, 0.1) is 5.82 Å². The smallest absolute Gasteiger partial charge is 0.304 e. The lowest BCUT2D eigenvalue weighted by Crippen LogP contribution is -2.21. The summed E-state index contributed by atoms with van der Waals surface area (Å²) in [6.07, 6.45) is -0.00352. The van der Waals surface area contributed by atoms with Gasteiger partial charge in [0.1, 0.15) is 5.82 Å². The average molecular weight is 196 g/mol. The highest BCUT2D eigenvalue weighted by Crippen LogP contribution is 2.27. The second-order valence-corrected chi connectivity index (χ2v) is 3.96. The van der Waals surface area contributed by atoms with E-state index in [1.54, 1.807) is 26.0 Å². The van der Waals surface area contributed by atoms with Crippen LogP contribution < -0.4 is 0 Å². The van der Waals surface area contributed by atoms with Gasteiger partial charge in [-0.1, -0.05) is 26.0 Å². The Labute approximate surface area is 82.4 Å². The fourth-order valence-corrected chi connectivity index (χ4v) is 1.39. The molecule has 0 saturated carbocycles. The van der Waals surface area contributed by atoms with Gasteiger partial charge in [0, 0.05) is 5.41 Å². The molecule has 0 saturated heterocycles. The summed E-state index contributed by atoms with van der Waals surface area (Å²) in [5.74, 6) is -1.21. The molecule has 0 fully saturated rings. The second kappa shape index (κ2) is 3.78. The van der Waals surface area contributed by atoms with Crippen LogP contribution in [0.2, 0.25) is 0 Å². The number of rotatable bonds is 3. The Balaban J connectivity index is 2.97. The van der Waals surface area contributed by atoms with Crippen LogP contribution in [0.4, 0.5) is 4.39 Å². The van der Waals surface area contributed by atoms with E-state index >= 15 is 0 Å². The minimum absolute atomic E-state index is 0.00352. The van der Waals surface area contributed by atoms with Gasteiger partial charge in [-0.05, 0) is 17.7 Å². The van der Waals surface area contributed by atoms with Crippen molar-refractivity contribution in [1.29, 1.82) is 0 Å². The third-order valence-corrected chi connectivity index (χ3v) is 2.20. The van der Waals surface area contributed by atoms with Gasteiger partial charge in [-0.3, -0.25) is 4.79 Å². The van der Waals surface area contributed by atoms with Crippen molar-refractivity contribution in [3.63, 3.8) is 0 Å². The SMILES string of the molecule is CC(C)(CC(=O)O)c1cccc(F)c1. The molecule has 0 aliphatic rings. The maximum Gasteiger partial charge on any atom is 0.304 e. The Morgan fingerprint density at radius 3 is 2.64 bits per heavy atom. The van der Waals surface area contributed by atoms with Gasteiger partial charge in [0.15, 0.2) is 0 Å². The van der Waals surface area contributed by atoms with Crippen LogP contribution >= 0.6 is 0 Å². The Kier molecular flexibility index (Phi) is 2.89. The van der Waals surface area contributed by atoms with Gasteiger partial charge in [-0.15, -0.1) is 0 Å².